The number of benzene rings is 1. The van der Waals surface area contributed by atoms with Gasteiger partial charge in [0.15, 0.2) is 22.6 Å². The van der Waals surface area contributed by atoms with Crippen molar-refractivity contribution in [2.24, 2.45) is 0 Å². The van der Waals surface area contributed by atoms with Crippen molar-refractivity contribution in [1.29, 1.82) is 0 Å². The van der Waals surface area contributed by atoms with Crippen molar-refractivity contribution >= 4 is 46.0 Å². The van der Waals surface area contributed by atoms with Crippen LogP contribution in [0.5, 0.6) is 5.75 Å². The summed E-state index contributed by atoms with van der Waals surface area (Å²) in [7, 11) is 0. The Morgan fingerprint density at radius 2 is 1.83 bits per heavy atom. The van der Waals surface area contributed by atoms with E-state index in [1.165, 1.54) is 12.5 Å². The van der Waals surface area contributed by atoms with Gasteiger partial charge < -0.3 is 24.8 Å². The van der Waals surface area contributed by atoms with Crippen LogP contribution in [0.4, 0.5) is 24.5 Å². The molecule has 3 aliphatic rings. The van der Waals surface area contributed by atoms with Crippen LogP contribution >= 0.6 is 11.6 Å². The predicted molar refractivity (Wildman–Crippen MR) is 169 cm³/mol. The fourth-order valence-electron chi connectivity index (χ4n) is 7.13. The third-order valence-electron chi connectivity index (χ3n) is 9.59. The number of halogens is 4. The lowest BCUT2D eigenvalue weighted by atomic mass is 9.81. The van der Waals surface area contributed by atoms with Crippen LogP contribution in [0.15, 0.2) is 35.5 Å². The Morgan fingerprint density at radius 3 is 2.52 bits per heavy atom. The number of aromatic hydroxyl groups is 1. The molecule has 0 unspecified atom stereocenters. The number of alkyl halides is 3. The fourth-order valence-corrected chi connectivity index (χ4v) is 7.36. The summed E-state index contributed by atoms with van der Waals surface area (Å²) in [5, 5.41) is 12.9. The van der Waals surface area contributed by atoms with E-state index in [4.69, 9.17) is 11.6 Å². The maximum Gasteiger partial charge on any atom is 0.416 e. The third-order valence-corrected chi connectivity index (χ3v) is 9.90. The number of carbonyl (C=O) groups is 2. The van der Waals surface area contributed by atoms with E-state index in [9.17, 15) is 32.7 Å². The van der Waals surface area contributed by atoms with Crippen molar-refractivity contribution in [3.63, 3.8) is 0 Å². The Labute approximate surface area is 276 Å². The number of hydrogen-bond acceptors (Lipinski definition) is 9. The molecule has 3 aromatic heterocycles. The minimum absolute atomic E-state index is 0.0197. The average molecular weight is 683 g/mol. The molecule has 0 spiro atoms. The highest BCUT2D eigenvalue weighted by molar-refractivity contribution is 6.33. The SMILES string of the molecule is Cc1cnc2c(n1)c(=O)c(N1CCN(C(=O)c3ncnc(C)c3O)[C@H]3CC[C@@H]31)c1n2[C@H](C(=O)Nc2ccc(C(F)(F)F)cc2Cl)C[C@H]1C. The van der Waals surface area contributed by atoms with Crippen LogP contribution in [0, 0.1) is 13.8 Å². The predicted octanol–water partition coefficient (Wildman–Crippen LogP) is 4.76. The summed E-state index contributed by atoms with van der Waals surface area (Å²) in [5.41, 5.74) is 0.766. The molecule has 2 fully saturated rings. The van der Waals surface area contributed by atoms with Crippen molar-refractivity contribution in [3.05, 3.63) is 74.3 Å². The molecular weight excluding hydrogens is 653 g/mol. The van der Waals surface area contributed by atoms with Gasteiger partial charge in [0.25, 0.3) is 5.91 Å². The van der Waals surface area contributed by atoms with Gasteiger partial charge in [0.05, 0.1) is 45.6 Å². The van der Waals surface area contributed by atoms with E-state index in [1.54, 1.807) is 23.3 Å². The number of piperazine rings is 1. The lowest BCUT2D eigenvalue weighted by molar-refractivity contribution is -0.137. The third kappa shape index (κ3) is 5.02. The topological polar surface area (TPSA) is 146 Å². The smallest absolute Gasteiger partial charge is 0.416 e. The number of pyridine rings is 1. The average Bonchev–Trinajstić information content (AvgIpc) is 3.36. The quantitative estimate of drug-likeness (QED) is 0.311. The number of aromatic nitrogens is 5. The second kappa shape index (κ2) is 11.4. The molecule has 1 aromatic carbocycles. The zero-order valence-electron chi connectivity index (χ0n) is 26.0. The number of fused-ring (bicyclic) bond motifs is 4. The van der Waals surface area contributed by atoms with E-state index in [1.807, 2.05) is 11.8 Å². The van der Waals surface area contributed by atoms with Crippen molar-refractivity contribution in [3.8, 4) is 5.75 Å². The summed E-state index contributed by atoms with van der Waals surface area (Å²) in [6.45, 7) is 5.75. The summed E-state index contributed by atoms with van der Waals surface area (Å²) < 4.78 is 41.4. The van der Waals surface area contributed by atoms with Crippen LogP contribution in [0.25, 0.3) is 11.2 Å². The largest absolute Gasteiger partial charge is 0.504 e. The molecule has 1 saturated carbocycles. The van der Waals surface area contributed by atoms with Gasteiger partial charge in [-0.3, -0.25) is 14.4 Å². The van der Waals surface area contributed by atoms with E-state index in [2.05, 4.69) is 25.3 Å². The fraction of sp³-hybridized carbons (Fsp3) is 0.406. The van der Waals surface area contributed by atoms with E-state index >= 15 is 0 Å². The Kier molecular flexibility index (Phi) is 7.57. The van der Waals surface area contributed by atoms with Gasteiger partial charge >= 0.3 is 6.18 Å². The molecule has 4 atom stereocenters. The number of hydrogen-bond donors (Lipinski definition) is 2. The number of amides is 2. The Hall–Kier alpha value is -4.79. The van der Waals surface area contributed by atoms with E-state index in [0.29, 0.717) is 42.2 Å². The van der Waals surface area contributed by atoms with Crippen molar-refractivity contribution < 1.29 is 27.9 Å². The highest BCUT2D eigenvalue weighted by Crippen LogP contribution is 2.46. The van der Waals surface area contributed by atoms with Gasteiger partial charge in [-0.05, 0) is 51.3 Å². The number of anilines is 2. The molecule has 2 N–H and O–H groups in total. The summed E-state index contributed by atoms with van der Waals surface area (Å²) >= 11 is 6.16. The van der Waals surface area contributed by atoms with Gasteiger partial charge in [0.1, 0.15) is 18.1 Å². The lowest BCUT2D eigenvalue weighted by Crippen LogP contribution is -2.67. The molecule has 0 bridgehead atoms. The minimum atomic E-state index is -4.60. The van der Waals surface area contributed by atoms with E-state index in [-0.39, 0.29) is 69.7 Å². The Balaban J connectivity index is 1.27. The second-order valence-electron chi connectivity index (χ2n) is 12.5. The molecule has 5 heterocycles. The first-order chi connectivity index (χ1) is 22.8. The summed E-state index contributed by atoms with van der Waals surface area (Å²) in [6.07, 6.45) is -0.190. The monoisotopic (exact) mass is 682 g/mol. The number of aryl methyl sites for hydroxylation is 2. The van der Waals surface area contributed by atoms with Crippen molar-refractivity contribution in [2.45, 2.75) is 70.3 Å². The molecule has 4 aromatic rings. The Bertz CT molecular complexity index is 2070. The molecule has 0 radical (unpaired) electrons. The van der Waals surface area contributed by atoms with E-state index < -0.39 is 29.6 Å². The van der Waals surface area contributed by atoms with Gasteiger partial charge in [0.2, 0.25) is 11.3 Å². The molecule has 2 aliphatic heterocycles. The Morgan fingerprint density at radius 1 is 1.08 bits per heavy atom. The second-order valence-corrected chi connectivity index (χ2v) is 12.9. The molecule has 1 saturated heterocycles. The number of rotatable bonds is 4. The zero-order chi connectivity index (χ0) is 34.2. The first kappa shape index (κ1) is 31.8. The lowest BCUT2D eigenvalue weighted by Gasteiger charge is -2.54. The molecule has 250 valence electrons. The maximum absolute atomic E-state index is 14.3. The van der Waals surface area contributed by atoms with Crippen LogP contribution in [0.1, 0.15) is 71.3 Å². The minimum Gasteiger partial charge on any atom is -0.504 e. The van der Waals surface area contributed by atoms with Crippen molar-refractivity contribution in [2.75, 3.05) is 23.3 Å². The van der Waals surface area contributed by atoms with Gasteiger partial charge in [-0.25, -0.2) is 19.9 Å². The zero-order valence-corrected chi connectivity index (χ0v) is 26.8. The standard InChI is InChI=1S/C32H30ClF3N8O4/c1-14-10-22(30(47)41-19-5-4-17(11-18(19)33)32(34,35)36)44-25(14)26(28(46)23-29(44)37-12-15(2)40-23)42-8-9-43(21-7-6-20(21)42)31(48)24-27(45)16(3)38-13-39-24/h4-5,11-14,20-22,45H,6-10H2,1-3H3,(H,41,47)/t14-,20+,21+,22+/m1/s1. The van der Waals surface area contributed by atoms with Gasteiger partial charge in [-0.2, -0.15) is 13.2 Å². The molecule has 12 nitrogen and oxygen atoms in total. The summed E-state index contributed by atoms with van der Waals surface area (Å²) in [6, 6.07) is 1.37. The van der Waals surface area contributed by atoms with Gasteiger partial charge in [-0.1, -0.05) is 18.5 Å². The normalized spacial score (nSPS) is 21.9. The molecule has 7 rings (SSSR count). The van der Waals surface area contributed by atoms with E-state index in [0.717, 1.165) is 18.2 Å². The molecule has 16 heteroatoms. The van der Waals surface area contributed by atoms with Gasteiger partial charge in [0, 0.05) is 25.0 Å². The van der Waals surface area contributed by atoms with Gasteiger partial charge in [-0.15, -0.1) is 0 Å². The van der Waals surface area contributed by atoms with Crippen LogP contribution < -0.4 is 15.6 Å². The number of nitrogens with one attached hydrogen (secondary N) is 1. The first-order valence-electron chi connectivity index (χ1n) is 15.4. The molecule has 1 aliphatic carbocycles. The molecular formula is C32H30ClF3N8O4. The van der Waals surface area contributed by atoms with Crippen LogP contribution in [-0.2, 0) is 11.0 Å². The first-order valence-corrected chi connectivity index (χ1v) is 15.8. The number of nitrogens with zero attached hydrogens (tertiary/aromatic N) is 7. The highest BCUT2D eigenvalue weighted by atomic mass is 35.5. The molecule has 48 heavy (non-hydrogen) atoms. The number of carbonyl (C=O) groups excluding carboxylic acids is 2. The summed E-state index contributed by atoms with van der Waals surface area (Å²) in [5.74, 6) is -1.51. The summed E-state index contributed by atoms with van der Waals surface area (Å²) in [4.78, 5) is 62.4. The maximum atomic E-state index is 14.3. The van der Waals surface area contributed by atoms with Crippen LogP contribution in [-0.4, -0.2) is 71.5 Å². The van der Waals surface area contributed by atoms with Crippen molar-refractivity contribution in [1.82, 2.24) is 29.4 Å². The molecule has 2 amide bonds. The highest BCUT2D eigenvalue weighted by Gasteiger charge is 2.48. The van der Waals surface area contributed by atoms with Crippen LogP contribution in [0.3, 0.4) is 0 Å². The van der Waals surface area contributed by atoms with Crippen LogP contribution in [0.2, 0.25) is 5.02 Å².